The van der Waals surface area contributed by atoms with Crippen molar-refractivity contribution in [2.45, 2.75) is 25.8 Å². The lowest BCUT2D eigenvalue weighted by atomic mass is 10.1. The summed E-state index contributed by atoms with van der Waals surface area (Å²) in [4.78, 5) is 29.2. The van der Waals surface area contributed by atoms with Gasteiger partial charge in [-0.2, -0.15) is 5.10 Å². The van der Waals surface area contributed by atoms with E-state index in [4.69, 9.17) is 23.2 Å². The average molecular weight is 407 g/mol. The molecule has 0 radical (unpaired) electrons. The Labute approximate surface area is 167 Å². The monoisotopic (exact) mass is 406 g/mol. The van der Waals surface area contributed by atoms with Crippen molar-refractivity contribution >= 4 is 35.0 Å². The molecule has 0 atom stereocenters. The molecule has 4 rings (SSSR count). The molecule has 6 nitrogen and oxygen atoms in total. The van der Waals surface area contributed by atoms with E-state index in [2.05, 4.69) is 5.10 Å². The molecule has 1 fully saturated rings. The Morgan fingerprint density at radius 3 is 2.26 bits per heavy atom. The van der Waals surface area contributed by atoms with Gasteiger partial charge in [0.05, 0.1) is 28.0 Å². The Hall–Kier alpha value is -2.05. The molecule has 0 spiro atoms. The van der Waals surface area contributed by atoms with Crippen LogP contribution in [0.25, 0.3) is 0 Å². The van der Waals surface area contributed by atoms with Crippen molar-refractivity contribution in [3.8, 4) is 0 Å². The average Bonchev–Trinajstić information content (AvgIpc) is 3.13. The lowest BCUT2D eigenvalue weighted by molar-refractivity contribution is 0.0534. The fraction of sp³-hybridized carbons (Fsp3) is 0.421. The molecule has 0 bridgehead atoms. The van der Waals surface area contributed by atoms with Gasteiger partial charge < -0.3 is 9.80 Å². The maximum atomic E-state index is 12.9. The smallest absolute Gasteiger partial charge is 0.257 e. The maximum absolute atomic E-state index is 12.9. The zero-order valence-electron chi connectivity index (χ0n) is 14.8. The normalized spacial score (nSPS) is 17.0. The van der Waals surface area contributed by atoms with Gasteiger partial charge in [0.1, 0.15) is 0 Å². The number of hydrogen-bond acceptors (Lipinski definition) is 3. The quantitative estimate of drug-likeness (QED) is 0.769. The van der Waals surface area contributed by atoms with Crippen LogP contribution in [0.15, 0.2) is 24.4 Å². The van der Waals surface area contributed by atoms with E-state index in [1.165, 1.54) is 0 Å². The van der Waals surface area contributed by atoms with Gasteiger partial charge >= 0.3 is 0 Å². The summed E-state index contributed by atoms with van der Waals surface area (Å²) in [6.07, 6.45) is 4.78. The number of rotatable bonds is 2. The van der Waals surface area contributed by atoms with Crippen molar-refractivity contribution < 1.29 is 9.59 Å². The molecule has 0 saturated carbocycles. The molecule has 27 heavy (non-hydrogen) atoms. The lowest BCUT2D eigenvalue weighted by Crippen LogP contribution is -2.50. The second-order valence-corrected chi connectivity index (χ2v) is 7.74. The van der Waals surface area contributed by atoms with Gasteiger partial charge in [-0.05, 0) is 37.5 Å². The number of carbonyl (C=O) groups excluding carboxylic acids is 2. The Morgan fingerprint density at radius 2 is 1.56 bits per heavy atom. The second kappa shape index (κ2) is 7.52. The number of hydrogen-bond donors (Lipinski definition) is 0. The molecular weight excluding hydrogens is 387 g/mol. The van der Waals surface area contributed by atoms with E-state index in [1.54, 1.807) is 34.2 Å². The third kappa shape index (κ3) is 3.56. The molecule has 1 saturated heterocycles. The standard InChI is InChI=1S/C19H20Cl2N4O2/c20-13-4-5-16(21)14(11-13)18(26)23-7-9-24(10-8-23)19(27)15-12-22-25-6-2-1-3-17(15)25/h4-5,11-12H,1-3,6-10H2. The number of halogens is 2. The molecule has 0 aliphatic carbocycles. The number of carbonyl (C=O) groups is 2. The number of amides is 2. The van der Waals surface area contributed by atoms with Crippen LogP contribution in [0.4, 0.5) is 0 Å². The van der Waals surface area contributed by atoms with Crippen LogP contribution in [-0.4, -0.2) is 57.6 Å². The van der Waals surface area contributed by atoms with Crippen LogP contribution in [0.5, 0.6) is 0 Å². The first kappa shape index (κ1) is 18.3. The lowest BCUT2D eigenvalue weighted by Gasteiger charge is -2.35. The maximum Gasteiger partial charge on any atom is 0.257 e. The zero-order chi connectivity index (χ0) is 19.0. The molecular formula is C19H20Cl2N4O2. The van der Waals surface area contributed by atoms with Crippen LogP contribution in [-0.2, 0) is 13.0 Å². The summed E-state index contributed by atoms with van der Waals surface area (Å²) < 4.78 is 1.94. The fourth-order valence-electron chi connectivity index (χ4n) is 3.71. The first-order chi connectivity index (χ1) is 13.0. The highest BCUT2D eigenvalue weighted by Crippen LogP contribution is 2.24. The third-order valence-corrected chi connectivity index (χ3v) is 5.79. The molecule has 0 unspecified atom stereocenters. The molecule has 1 aromatic heterocycles. The van der Waals surface area contributed by atoms with Crippen LogP contribution in [0, 0.1) is 0 Å². The Bertz CT molecular complexity index is 888. The van der Waals surface area contributed by atoms with E-state index in [1.807, 2.05) is 4.68 Å². The number of aromatic nitrogens is 2. The van der Waals surface area contributed by atoms with Gasteiger partial charge in [-0.3, -0.25) is 14.3 Å². The first-order valence-corrected chi connectivity index (χ1v) is 9.88. The number of aryl methyl sites for hydroxylation is 1. The summed E-state index contributed by atoms with van der Waals surface area (Å²) in [5.74, 6) is -0.149. The van der Waals surface area contributed by atoms with Crippen molar-refractivity contribution in [3.05, 3.63) is 51.3 Å². The predicted octanol–water partition coefficient (Wildman–Crippen LogP) is 3.12. The zero-order valence-corrected chi connectivity index (χ0v) is 16.3. The van der Waals surface area contributed by atoms with Crippen LogP contribution < -0.4 is 0 Å². The van der Waals surface area contributed by atoms with E-state index in [0.29, 0.717) is 47.4 Å². The molecule has 3 heterocycles. The molecule has 1 aromatic carbocycles. The second-order valence-electron chi connectivity index (χ2n) is 6.89. The fourth-order valence-corrected chi connectivity index (χ4v) is 4.08. The number of nitrogens with zero attached hydrogens (tertiary/aromatic N) is 4. The van der Waals surface area contributed by atoms with E-state index in [9.17, 15) is 9.59 Å². The summed E-state index contributed by atoms with van der Waals surface area (Å²) in [7, 11) is 0. The van der Waals surface area contributed by atoms with Gasteiger partial charge in [0.15, 0.2) is 0 Å². The largest absolute Gasteiger partial charge is 0.335 e. The molecule has 2 aliphatic heterocycles. The van der Waals surface area contributed by atoms with E-state index in [-0.39, 0.29) is 11.8 Å². The van der Waals surface area contributed by atoms with Crippen LogP contribution in [0.2, 0.25) is 10.0 Å². The summed E-state index contributed by atoms with van der Waals surface area (Å²) in [5, 5.41) is 5.21. The van der Waals surface area contributed by atoms with Crippen molar-refractivity contribution in [2.75, 3.05) is 26.2 Å². The van der Waals surface area contributed by atoms with Crippen molar-refractivity contribution in [1.82, 2.24) is 19.6 Å². The minimum absolute atomic E-state index is 0.00559. The molecule has 2 amide bonds. The minimum atomic E-state index is -0.155. The third-order valence-electron chi connectivity index (χ3n) is 5.23. The molecule has 2 aromatic rings. The number of benzene rings is 1. The van der Waals surface area contributed by atoms with E-state index in [0.717, 1.165) is 31.5 Å². The highest BCUT2D eigenvalue weighted by molar-refractivity contribution is 6.35. The van der Waals surface area contributed by atoms with Gasteiger partial charge in [-0.25, -0.2) is 0 Å². The molecule has 2 aliphatic rings. The summed E-state index contributed by atoms with van der Waals surface area (Å²) >= 11 is 12.1. The van der Waals surface area contributed by atoms with Crippen LogP contribution in [0.1, 0.15) is 39.3 Å². The van der Waals surface area contributed by atoms with E-state index < -0.39 is 0 Å². The molecule has 0 N–H and O–H groups in total. The van der Waals surface area contributed by atoms with Gasteiger partial charge in [0.2, 0.25) is 0 Å². The molecule has 8 heteroatoms. The molecule has 142 valence electrons. The van der Waals surface area contributed by atoms with Crippen molar-refractivity contribution in [2.24, 2.45) is 0 Å². The highest BCUT2D eigenvalue weighted by Gasteiger charge is 2.29. The minimum Gasteiger partial charge on any atom is -0.335 e. The summed E-state index contributed by atoms with van der Waals surface area (Å²) in [5.41, 5.74) is 2.14. The predicted molar refractivity (Wildman–Crippen MR) is 103 cm³/mol. The number of piperazine rings is 1. The van der Waals surface area contributed by atoms with Gasteiger partial charge in [0.25, 0.3) is 11.8 Å². The van der Waals surface area contributed by atoms with Crippen LogP contribution >= 0.6 is 23.2 Å². The van der Waals surface area contributed by atoms with Crippen molar-refractivity contribution in [1.29, 1.82) is 0 Å². The highest BCUT2D eigenvalue weighted by atomic mass is 35.5. The van der Waals surface area contributed by atoms with Gasteiger partial charge in [0, 0.05) is 37.7 Å². The van der Waals surface area contributed by atoms with Gasteiger partial charge in [-0.15, -0.1) is 0 Å². The van der Waals surface area contributed by atoms with E-state index >= 15 is 0 Å². The number of fused-ring (bicyclic) bond motifs is 1. The Kier molecular flexibility index (Phi) is 5.10. The Morgan fingerprint density at radius 1 is 0.889 bits per heavy atom. The SMILES string of the molecule is O=C(c1cc(Cl)ccc1Cl)N1CCN(C(=O)c2cnn3c2CCCC3)CC1. The summed E-state index contributed by atoms with van der Waals surface area (Å²) in [6, 6.07) is 4.87. The topological polar surface area (TPSA) is 58.4 Å². The van der Waals surface area contributed by atoms with Gasteiger partial charge in [-0.1, -0.05) is 23.2 Å². The Balaban J connectivity index is 1.43. The van der Waals surface area contributed by atoms with Crippen LogP contribution in [0.3, 0.4) is 0 Å². The summed E-state index contributed by atoms with van der Waals surface area (Å²) in [6.45, 7) is 2.81. The van der Waals surface area contributed by atoms with Crippen molar-refractivity contribution in [3.63, 3.8) is 0 Å². The first-order valence-electron chi connectivity index (χ1n) is 9.13.